The van der Waals surface area contributed by atoms with Crippen molar-refractivity contribution in [3.05, 3.63) is 0 Å². The molecule has 0 aliphatic rings. The van der Waals surface area contributed by atoms with Gasteiger partial charge in [0, 0.05) is 6.42 Å². The van der Waals surface area contributed by atoms with Gasteiger partial charge in [0.05, 0.1) is 6.10 Å². The normalized spacial score (nSPS) is 14.6. The minimum Gasteiger partial charge on any atom is -0.462 e. The second-order valence-electron chi connectivity index (χ2n) is 4.49. The van der Waals surface area contributed by atoms with E-state index >= 15 is 0 Å². The highest BCUT2D eigenvalue weighted by Gasteiger charge is 2.18. The Morgan fingerprint density at radius 1 is 1.25 bits per heavy atom. The third-order valence-corrected chi connectivity index (χ3v) is 2.13. The van der Waals surface area contributed by atoms with Crippen molar-refractivity contribution in [1.82, 2.24) is 0 Å². The maximum Gasteiger partial charge on any atom is 0.323 e. The van der Waals surface area contributed by atoms with Crippen molar-refractivity contribution in [3.63, 3.8) is 0 Å². The summed E-state index contributed by atoms with van der Waals surface area (Å²) in [6, 6.07) is -0.762. The molecule has 0 rings (SSSR count). The highest BCUT2D eigenvalue weighted by Crippen LogP contribution is 2.09. The summed E-state index contributed by atoms with van der Waals surface area (Å²) in [7, 11) is 0. The van der Waals surface area contributed by atoms with Crippen molar-refractivity contribution in [1.29, 1.82) is 0 Å². The van der Waals surface area contributed by atoms with Crippen LogP contribution in [0.5, 0.6) is 0 Å². The van der Waals surface area contributed by atoms with Gasteiger partial charge >= 0.3 is 5.97 Å². The Balaban J connectivity index is 3.90. The highest BCUT2D eigenvalue weighted by atomic mass is 16.5. The van der Waals surface area contributed by atoms with E-state index in [0.717, 1.165) is 6.42 Å². The summed E-state index contributed by atoms with van der Waals surface area (Å²) in [5, 5.41) is 0. The lowest BCUT2D eigenvalue weighted by Crippen LogP contribution is -2.35. The summed E-state index contributed by atoms with van der Waals surface area (Å²) in [4.78, 5) is 22.0. The lowest BCUT2D eigenvalue weighted by molar-refractivity contribution is -0.150. The first-order valence-electron chi connectivity index (χ1n) is 5.57. The van der Waals surface area contributed by atoms with Crippen LogP contribution in [0.3, 0.4) is 0 Å². The minimum absolute atomic E-state index is 0.106. The fraction of sp³-hybridized carbons (Fsp3) is 0.818. The Morgan fingerprint density at radius 2 is 1.81 bits per heavy atom. The van der Waals surface area contributed by atoms with Crippen molar-refractivity contribution in [2.45, 2.75) is 52.2 Å². The van der Waals surface area contributed by atoms with Gasteiger partial charge in [0.2, 0.25) is 5.91 Å². The average molecular weight is 230 g/mol. The Kier molecular flexibility index (Phi) is 6.72. The molecule has 5 heteroatoms. The zero-order valence-electron chi connectivity index (χ0n) is 10.2. The molecular formula is C11H22N2O3. The Morgan fingerprint density at radius 3 is 2.25 bits per heavy atom. The number of ether oxygens (including phenoxy) is 1. The van der Waals surface area contributed by atoms with Crippen molar-refractivity contribution < 1.29 is 14.3 Å². The maximum atomic E-state index is 11.4. The molecule has 0 radical (unpaired) electrons. The molecule has 2 atom stereocenters. The zero-order valence-corrected chi connectivity index (χ0v) is 10.2. The Bertz CT molecular complexity index is 241. The van der Waals surface area contributed by atoms with Gasteiger partial charge in [-0.15, -0.1) is 0 Å². The van der Waals surface area contributed by atoms with Gasteiger partial charge in [0.25, 0.3) is 0 Å². The third kappa shape index (κ3) is 7.23. The molecule has 0 saturated heterocycles. The van der Waals surface area contributed by atoms with E-state index in [4.69, 9.17) is 16.2 Å². The van der Waals surface area contributed by atoms with E-state index in [1.54, 1.807) is 0 Å². The van der Waals surface area contributed by atoms with Gasteiger partial charge in [-0.1, -0.05) is 13.8 Å². The molecule has 0 saturated carbocycles. The van der Waals surface area contributed by atoms with Crippen LogP contribution < -0.4 is 11.5 Å². The summed E-state index contributed by atoms with van der Waals surface area (Å²) in [5.74, 6) is -0.461. The molecule has 0 fully saturated rings. The molecule has 0 aromatic rings. The van der Waals surface area contributed by atoms with Gasteiger partial charge in [0.1, 0.15) is 6.04 Å². The molecule has 0 heterocycles. The van der Waals surface area contributed by atoms with Crippen molar-refractivity contribution >= 4 is 11.9 Å². The molecule has 4 N–H and O–H groups in total. The fourth-order valence-corrected chi connectivity index (χ4v) is 1.41. The molecule has 0 aromatic heterocycles. The van der Waals surface area contributed by atoms with Crippen LogP contribution in [0.2, 0.25) is 0 Å². The van der Waals surface area contributed by atoms with E-state index in [1.165, 1.54) is 0 Å². The monoisotopic (exact) mass is 230 g/mol. The van der Waals surface area contributed by atoms with Crippen molar-refractivity contribution in [2.24, 2.45) is 17.4 Å². The van der Waals surface area contributed by atoms with Crippen molar-refractivity contribution in [3.8, 4) is 0 Å². The van der Waals surface area contributed by atoms with E-state index in [-0.39, 0.29) is 18.9 Å². The molecule has 94 valence electrons. The van der Waals surface area contributed by atoms with E-state index in [0.29, 0.717) is 5.92 Å². The number of carbonyl (C=O) groups is 2. The SMILES string of the molecule is CC(C)CC(C)OC(=O)C(N)CCC(N)=O. The molecule has 16 heavy (non-hydrogen) atoms. The first-order valence-corrected chi connectivity index (χ1v) is 5.57. The molecule has 2 unspecified atom stereocenters. The van der Waals surface area contributed by atoms with E-state index in [9.17, 15) is 9.59 Å². The zero-order chi connectivity index (χ0) is 12.7. The summed E-state index contributed by atoms with van der Waals surface area (Å²) >= 11 is 0. The van der Waals surface area contributed by atoms with Crippen LogP contribution in [0.4, 0.5) is 0 Å². The van der Waals surface area contributed by atoms with Gasteiger partial charge in [-0.25, -0.2) is 0 Å². The van der Waals surface area contributed by atoms with Crippen LogP contribution in [0.15, 0.2) is 0 Å². The molecule has 0 bridgehead atoms. The average Bonchev–Trinajstić information content (AvgIpc) is 2.12. The molecule has 0 aliphatic carbocycles. The summed E-state index contributed by atoms with van der Waals surface area (Å²) in [6.45, 7) is 5.94. The van der Waals surface area contributed by atoms with Gasteiger partial charge in [-0.05, 0) is 25.7 Å². The quantitative estimate of drug-likeness (QED) is 0.624. The number of amides is 1. The Labute approximate surface area is 96.5 Å². The molecule has 0 aromatic carbocycles. The number of nitrogens with two attached hydrogens (primary N) is 2. The predicted molar refractivity (Wildman–Crippen MR) is 61.4 cm³/mol. The van der Waals surface area contributed by atoms with Gasteiger partial charge in [0.15, 0.2) is 0 Å². The smallest absolute Gasteiger partial charge is 0.323 e. The lowest BCUT2D eigenvalue weighted by Gasteiger charge is -2.17. The number of esters is 1. The van der Waals surface area contributed by atoms with Crippen LogP contribution >= 0.6 is 0 Å². The fourth-order valence-electron chi connectivity index (χ4n) is 1.41. The van der Waals surface area contributed by atoms with Crippen LogP contribution in [-0.2, 0) is 14.3 Å². The van der Waals surface area contributed by atoms with E-state index in [1.807, 2.05) is 6.92 Å². The molecule has 0 spiro atoms. The highest BCUT2D eigenvalue weighted by molar-refractivity contribution is 5.78. The van der Waals surface area contributed by atoms with E-state index < -0.39 is 17.9 Å². The third-order valence-electron chi connectivity index (χ3n) is 2.13. The number of hydrogen-bond acceptors (Lipinski definition) is 4. The second-order valence-corrected chi connectivity index (χ2v) is 4.49. The van der Waals surface area contributed by atoms with Crippen LogP contribution in [0.1, 0.15) is 40.0 Å². The summed E-state index contributed by atoms with van der Waals surface area (Å²) in [5.41, 5.74) is 10.5. The van der Waals surface area contributed by atoms with Crippen LogP contribution in [0.25, 0.3) is 0 Å². The van der Waals surface area contributed by atoms with Crippen molar-refractivity contribution in [2.75, 3.05) is 0 Å². The molecular weight excluding hydrogens is 208 g/mol. The first-order chi connectivity index (χ1) is 7.32. The van der Waals surface area contributed by atoms with Crippen LogP contribution in [-0.4, -0.2) is 24.0 Å². The number of carbonyl (C=O) groups excluding carboxylic acids is 2. The number of rotatable bonds is 7. The number of primary amides is 1. The largest absolute Gasteiger partial charge is 0.462 e. The van der Waals surface area contributed by atoms with Gasteiger partial charge < -0.3 is 16.2 Å². The van der Waals surface area contributed by atoms with Gasteiger partial charge in [-0.3, -0.25) is 9.59 Å². The summed E-state index contributed by atoms with van der Waals surface area (Å²) < 4.78 is 5.14. The minimum atomic E-state index is -0.762. The van der Waals surface area contributed by atoms with E-state index in [2.05, 4.69) is 13.8 Å². The lowest BCUT2D eigenvalue weighted by atomic mass is 10.1. The first kappa shape index (κ1) is 14.9. The molecule has 5 nitrogen and oxygen atoms in total. The second kappa shape index (κ2) is 7.22. The number of hydrogen-bond donors (Lipinski definition) is 2. The van der Waals surface area contributed by atoms with Gasteiger partial charge in [-0.2, -0.15) is 0 Å². The standard InChI is InChI=1S/C11H22N2O3/c1-7(2)6-8(3)16-11(15)9(12)4-5-10(13)14/h7-9H,4-6,12H2,1-3H3,(H2,13,14). The predicted octanol–water partition coefficient (Wildman–Crippen LogP) is 0.557. The summed E-state index contributed by atoms with van der Waals surface area (Å²) in [6.07, 6.45) is 0.998. The van der Waals surface area contributed by atoms with Crippen LogP contribution in [0, 0.1) is 5.92 Å². The molecule has 1 amide bonds. The Hall–Kier alpha value is -1.10. The molecule has 0 aliphatic heterocycles. The maximum absolute atomic E-state index is 11.4. The topological polar surface area (TPSA) is 95.4 Å².